The molecule has 0 aliphatic carbocycles. The van der Waals surface area contributed by atoms with Gasteiger partial charge in [-0.3, -0.25) is 4.79 Å². The minimum absolute atomic E-state index is 0.123. The Morgan fingerprint density at radius 3 is 3.06 bits per heavy atom. The summed E-state index contributed by atoms with van der Waals surface area (Å²) < 4.78 is 4.91. The first-order valence-corrected chi connectivity index (χ1v) is 6.09. The van der Waals surface area contributed by atoms with E-state index in [9.17, 15) is 4.79 Å². The van der Waals surface area contributed by atoms with Gasteiger partial charge in [-0.05, 0) is 13.3 Å². The van der Waals surface area contributed by atoms with E-state index in [-0.39, 0.29) is 11.8 Å². The number of piperidine rings is 1. The van der Waals surface area contributed by atoms with Crippen molar-refractivity contribution in [2.24, 2.45) is 11.1 Å². The third-order valence-corrected chi connectivity index (χ3v) is 3.31. The topological polar surface area (TPSA) is 78.9 Å². The number of aryl methyl sites for hydroxylation is 1. The molecule has 1 aromatic heterocycles. The zero-order valence-corrected chi connectivity index (χ0v) is 10.6. The van der Waals surface area contributed by atoms with Gasteiger partial charge < -0.3 is 14.6 Å². The number of hydrogen-bond acceptors (Lipinski definition) is 5. The average molecular weight is 251 g/mol. The van der Waals surface area contributed by atoms with E-state index < -0.39 is 0 Å². The van der Waals surface area contributed by atoms with Gasteiger partial charge in [-0.2, -0.15) is 0 Å². The van der Waals surface area contributed by atoms with Crippen LogP contribution in [0.3, 0.4) is 0 Å². The molecule has 2 rings (SSSR count). The summed E-state index contributed by atoms with van der Waals surface area (Å²) in [6, 6.07) is 1.64. The summed E-state index contributed by atoms with van der Waals surface area (Å²) in [5.74, 6) is 0.628. The summed E-state index contributed by atoms with van der Waals surface area (Å²) in [4.78, 5) is 13.9. The molecule has 6 nitrogen and oxygen atoms in total. The molecule has 6 heteroatoms. The predicted molar refractivity (Wildman–Crippen MR) is 64.8 cm³/mol. The van der Waals surface area contributed by atoms with Crippen molar-refractivity contribution in [3.8, 4) is 0 Å². The molecule has 98 valence electrons. The highest BCUT2D eigenvalue weighted by atomic mass is 16.5. The van der Waals surface area contributed by atoms with Crippen LogP contribution >= 0.6 is 0 Å². The fraction of sp³-hybridized carbons (Fsp3) is 0.583. The molecular formula is C12H17N3O3. The Bertz CT molecular complexity index is 467. The number of hydrogen-bond donors (Lipinski definition) is 1. The molecule has 0 bridgehead atoms. The fourth-order valence-electron chi connectivity index (χ4n) is 2.23. The number of rotatable bonds is 2. The molecule has 1 unspecified atom stereocenters. The van der Waals surface area contributed by atoms with Crippen molar-refractivity contribution in [3.05, 3.63) is 17.5 Å². The molecule has 2 heterocycles. The van der Waals surface area contributed by atoms with E-state index in [1.807, 2.05) is 6.92 Å². The van der Waals surface area contributed by atoms with Crippen LogP contribution in [0.1, 0.15) is 36.0 Å². The van der Waals surface area contributed by atoms with E-state index in [4.69, 9.17) is 9.73 Å². The molecule has 1 aliphatic rings. The number of aromatic nitrogens is 1. The van der Waals surface area contributed by atoms with Gasteiger partial charge >= 0.3 is 0 Å². The zero-order chi connectivity index (χ0) is 13.1. The van der Waals surface area contributed by atoms with Crippen LogP contribution in [-0.2, 0) is 0 Å². The van der Waals surface area contributed by atoms with E-state index in [1.54, 1.807) is 17.9 Å². The zero-order valence-electron chi connectivity index (χ0n) is 10.6. The van der Waals surface area contributed by atoms with Gasteiger partial charge in [-0.25, -0.2) is 0 Å². The lowest BCUT2D eigenvalue weighted by Gasteiger charge is -2.32. The number of oxime groups is 1. The molecule has 18 heavy (non-hydrogen) atoms. The Balaban J connectivity index is 2.09. The highest BCUT2D eigenvalue weighted by Gasteiger charge is 2.29. The first-order valence-electron chi connectivity index (χ1n) is 6.09. The first-order chi connectivity index (χ1) is 8.65. The van der Waals surface area contributed by atoms with Crippen molar-refractivity contribution in [1.29, 1.82) is 0 Å². The van der Waals surface area contributed by atoms with E-state index >= 15 is 0 Å². The maximum Gasteiger partial charge on any atom is 0.276 e. The lowest BCUT2D eigenvalue weighted by molar-refractivity contribution is 0.0718. The summed E-state index contributed by atoms with van der Waals surface area (Å²) in [7, 11) is 0. The number of nitrogens with zero attached hydrogens (tertiary/aromatic N) is 3. The van der Waals surface area contributed by atoms with Crippen molar-refractivity contribution in [3.63, 3.8) is 0 Å². The smallest absolute Gasteiger partial charge is 0.276 e. The van der Waals surface area contributed by atoms with Gasteiger partial charge in [0.1, 0.15) is 5.76 Å². The Kier molecular flexibility index (Phi) is 3.64. The van der Waals surface area contributed by atoms with Crippen molar-refractivity contribution in [2.75, 3.05) is 13.1 Å². The Morgan fingerprint density at radius 2 is 2.50 bits per heavy atom. The normalized spacial score (nSPS) is 22.4. The summed E-state index contributed by atoms with van der Waals surface area (Å²) in [5.41, 5.74) is 1.12. The van der Waals surface area contributed by atoms with Crippen LogP contribution in [0.25, 0.3) is 0 Å². The number of carbonyl (C=O) groups is 1. The molecule has 0 radical (unpaired) electrons. The van der Waals surface area contributed by atoms with Crippen LogP contribution in [-0.4, -0.2) is 40.0 Å². The molecule has 1 aromatic rings. The minimum atomic E-state index is -0.123. The van der Waals surface area contributed by atoms with Crippen molar-refractivity contribution >= 4 is 11.6 Å². The van der Waals surface area contributed by atoms with Crippen LogP contribution in [0.2, 0.25) is 0 Å². The number of amides is 1. The Hall–Kier alpha value is -1.85. The third kappa shape index (κ3) is 2.37. The second-order valence-corrected chi connectivity index (χ2v) is 4.52. The lowest BCUT2D eigenvalue weighted by atomic mass is 9.93. The SMILES string of the molecule is CCC1CN(C(=O)c2cc(C)on2)CC/C1=N\O. The van der Waals surface area contributed by atoms with Gasteiger partial charge in [0.15, 0.2) is 5.69 Å². The summed E-state index contributed by atoms with van der Waals surface area (Å²) in [6.07, 6.45) is 1.46. The molecule has 1 amide bonds. The van der Waals surface area contributed by atoms with Crippen LogP contribution in [0.5, 0.6) is 0 Å². The largest absolute Gasteiger partial charge is 0.411 e. The highest BCUT2D eigenvalue weighted by molar-refractivity contribution is 5.95. The van der Waals surface area contributed by atoms with Crippen LogP contribution in [0.15, 0.2) is 15.7 Å². The van der Waals surface area contributed by atoms with Crippen molar-refractivity contribution in [1.82, 2.24) is 10.1 Å². The molecule has 1 fully saturated rings. The molecule has 0 aromatic carbocycles. The maximum atomic E-state index is 12.2. The van der Waals surface area contributed by atoms with Gasteiger partial charge in [0.25, 0.3) is 5.91 Å². The monoisotopic (exact) mass is 251 g/mol. The average Bonchev–Trinajstić information content (AvgIpc) is 2.83. The van der Waals surface area contributed by atoms with E-state index in [1.165, 1.54) is 0 Å². The van der Waals surface area contributed by atoms with Crippen LogP contribution < -0.4 is 0 Å². The van der Waals surface area contributed by atoms with E-state index in [2.05, 4.69) is 10.3 Å². The summed E-state index contributed by atoms with van der Waals surface area (Å²) >= 11 is 0. The van der Waals surface area contributed by atoms with Gasteiger partial charge in [0, 0.05) is 31.5 Å². The number of likely N-dealkylation sites (tertiary alicyclic amines) is 1. The van der Waals surface area contributed by atoms with Crippen LogP contribution in [0.4, 0.5) is 0 Å². The maximum absolute atomic E-state index is 12.2. The Morgan fingerprint density at radius 1 is 1.72 bits per heavy atom. The number of carbonyl (C=O) groups excluding carboxylic acids is 1. The molecule has 0 spiro atoms. The molecule has 1 aliphatic heterocycles. The van der Waals surface area contributed by atoms with Gasteiger partial charge in [0.2, 0.25) is 0 Å². The lowest BCUT2D eigenvalue weighted by Crippen LogP contribution is -2.44. The summed E-state index contributed by atoms with van der Waals surface area (Å²) in [6.45, 7) is 4.90. The predicted octanol–water partition coefficient (Wildman–Crippen LogP) is 1.69. The first kappa shape index (κ1) is 12.6. The quantitative estimate of drug-likeness (QED) is 0.640. The summed E-state index contributed by atoms with van der Waals surface area (Å²) in [5, 5.41) is 15.9. The van der Waals surface area contributed by atoms with Gasteiger partial charge in [0.05, 0.1) is 5.71 Å². The molecule has 1 N–H and O–H groups in total. The minimum Gasteiger partial charge on any atom is -0.411 e. The Labute approximate surface area is 105 Å². The third-order valence-electron chi connectivity index (χ3n) is 3.31. The second-order valence-electron chi connectivity index (χ2n) is 4.52. The van der Waals surface area contributed by atoms with E-state index in [0.29, 0.717) is 31.0 Å². The van der Waals surface area contributed by atoms with Gasteiger partial charge in [-0.1, -0.05) is 17.2 Å². The van der Waals surface area contributed by atoms with Crippen molar-refractivity contribution in [2.45, 2.75) is 26.7 Å². The van der Waals surface area contributed by atoms with Crippen molar-refractivity contribution < 1.29 is 14.5 Å². The fourth-order valence-corrected chi connectivity index (χ4v) is 2.23. The molecular weight excluding hydrogens is 234 g/mol. The molecule has 0 saturated carbocycles. The molecule has 1 atom stereocenters. The van der Waals surface area contributed by atoms with Gasteiger partial charge in [-0.15, -0.1) is 0 Å². The van der Waals surface area contributed by atoms with Crippen LogP contribution in [0, 0.1) is 12.8 Å². The highest BCUT2D eigenvalue weighted by Crippen LogP contribution is 2.19. The van der Waals surface area contributed by atoms with E-state index in [0.717, 1.165) is 12.1 Å². The standard InChI is InChI=1S/C12H17N3O3/c1-3-9-7-15(5-4-10(9)13-17)12(16)11-6-8(2)18-14-11/h6,9,17H,3-5,7H2,1-2H3/b13-10+. The second kappa shape index (κ2) is 5.20. The molecule has 1 saturated heterocycles.